The number of hydrogen-bond donors (Lipinski definition) is 2. The first kappa shape index (κ1) is 16.0. The minimum atomic E-state index is -3.44. The summed E-state index contributed by atoms with van der Waals surface area (Å²) in [5, 5.41) is 8.93. The number of sulfonamides is 1. The van der Waals surface area contributed by atoms with Crippen LogP contribution in [0.4, 0.5) is 0 Å². The van der Waals surface area contributed by atoms with Crippen molar-refractivity contribution in [1.29, 1.82) is 0 Å². The second kappa shape index (κ2) is 7.04. The highest BCUT2D eigenvalue weighted by atomic mass is 32.2. The Morgan fingerprint density at radius 2 is 1.86 bits per heavy atom. The maximum atomic E-state index is 12.2. The molecule has 2 rings (SSSR count). The average Bonchev–Trinajstić information content (AvgIpc) is 2.66. The SMILES string of the molecule is O=C(O)c1cccc(CS(=O)(=O)NC2CCCCCC2)c1. The number of hydrogen-bond acceptors (Lipinski definition) is 3. The third-order valence-electron chi connectivity index (χ3n) is 3.73. The number of benzene rings is 1. The number of aromatic carboxylic acids is 1. The summed E-state index contributed by atoms with van der Waals surface area (Å²) < 4.78 is 27.2. The zero-order valence-electron chi connectivity index (χ0n) is 11.9. The van der Waals surface area contributed by atoms with Gasteiger partial charge in [-0.15, -0.1) is 0 Å². The van der Waals surface area contributed by atoms with Crippen LogP contribution in [-0.2, 0) is 15.8 Å². The Hall–Kier alpha value is -1.40. The van der Waals surface area contributed by atoms with Crippen LogP contribution in [0.15, 0.2) is 24.3 Å². The Bertz CT molecular complexity index is 589. The Balaban J connectivity index is 2.03. The third-order valence-corrected chi connectivity index (χ3v) is 5.14. The Morgan fingerprint density at radius 3 is 2.48 bits per heavy atom. The molecule has 1 aromatic carbocycles. The van der Waals surface area contributed by atoms with Crippen molar-refractivity contribution in [3.8, 4) is 0 Å². The van der Waals surface area contributed by atoms with Crippen molar-refractivity contribution in [3.63, 3.8) is 0 Å². The van der Waals surface area contributed by atoms with Crippen molar-refractivity contribution in [2.45, 2.75) is 50.3 Å². The largest absolute Gasteiger partial charge is 0.478 e. The fraction of sp³-hybridized carbons (Fsp3) is 0.533. The predicted molar refractivity (Wildman–Crippen MR) is 80.7 cm³/mol. The van der Waals surface area contributed by atoms with Crippen molar-refractivity contribution in [2.24, 2.45) is 0 Å². The molecule has 6 heteroatoms. The van der Waals surface area contributed by atoms with E-state index in [2.05, 4.69) is 4.72 Å². The Labute approximate surface area is 125 Å². The molecule has 0 spiro atoms. The lowest BCUT2D eigenvalue weighted by Crippen LogP contribution is -2.35. The summed E-state index contributed by atoms with van der Waals surface area (Å²) in [6.45, 7) is 0. The molecule has 1 aromatic rings. The van der Waals surface area contributed by atoms with Gasteiger partial charge in [0.25, 0.3) is 0 Å². The molecule has 2 N–H and O–H groups in total. The van der Waals surface area contributed by atoms with Crippen LogP contribution in [0.1, 0.15) is 54.4 Å². The quantitative estimate of drug-likeness (QED) is 0.819. The number of nitrogens with one attached hydrogen (secondary N) is 1. The van der Waals surface area contributed by atoms with Crippen molar-refractivity contribution in [1.82, 2.24) is 4.72 Å². The second-order valence-electron chi connectivity index (χ2n) is 5.57. The van der Waals surface area contributed by atoms with Crippen LogP contribution in [0, 0.1) is 0 Å². The van der Waals surface area contributed by atoms with Crippen LogP contribution < -0.4 is 4.72 Å². The topological polar surface area (TPSA) is 83.5 Å². The summed E-state index contributed by atoms with van der Waals surface area (Å²) in [5.41, 5.74) is 0.605. The highest BCUT2D eigenvalue weighted by Gasteiger charge is 2.20. The zero-order chi connectivity index (χ0) is 15.3. The van der Waals surface area contributed by atoms with Gasteiger partial charge in [0.1, 0.15) is 0 Å². The summed E-state index contributed by atoms with van der Waals surface area (Å²) in [4.78, 5) is 10.9. The molecule has 21 heavy (non-hydrogen) atoms. The molecule has 116 valence electrons. The molecule has 0 aromatic heterocycles. The van der Waals surface area contributed by atoms with E-state index in [1.165, 1.54) is 25.0 Å². The molecule has 0 radical (unpaired) electrons. The molecule has 1 aliphatic rings. The van der Waals surface area contributed by atoms with Gasteiger partial charge in [-0.3, -0.25) is 0 Å². The van der Waals surface area contributed by atoms with Gasteiger partial charge in [0.15, 0.2) is 0 Å². The van der Waals surface area contributed by atoms with Gasteiger partial charge >= 0.3 is 5.97 Å². The van der Waals surface area contributed by atoms with Crippen LogP contribution in [-0.4, -0.2) is 25.5 Å². The van der Waals surface area contributed by atoms with Gasteiger partial charge in [-0.2, -0.15) is 0 Å². The highest BCUT2D eigenvalue weighted by molar-refractivity contribution is 7.88. The fourth-order valence-corrected chi connectivity index (χ4v) is 4.15. The number of carboxylic acid groups (broad SMARTS) is 1. The number of carbonyl (C=O) groups is 1. The normalized spacial score (nSPS) is 17.3. The third kappa shape index (κ3) is 5.13. The van der Waals surface area contributed by atoms with E-state index in [9.17, 15) is 13.2 Å². The van der Waals surface area contributed by atoms with Crippen LogP contribution >= 0.6 is 0 Å². The van der Waals surface area contributed by atoms with Crippen molar-refractivity contribution in [3.05, 3.63) is 35.4 Å². The molecule has 5 nitrogen and oxygen atoms in total. The zero-order valence-corrected chi connectivity index (χ0v) is 12.7. The maximum Gasteiger partial charge on any atom is 0.335 e. The molecule has 0 bridgehead atoms. The predicted octanol–water partition coefficient (Wildman–Crippen LogP) is 2.53. The molecule has 0 aliphatic heterocycles. The highest BCUT2D eigenvalue weighted by Crippen LogP contribution is 2.18. The van der Waals surface area contributed by atoms with Gasteiger partial charge < -0.3 is 5.11 Å². The van der Waals surface area contributed by atoms with E-state index in [4.69, 9.17) is 5.11 Å². The van der Waals surface area contributed by atoms with Crippen LogP contribution in [0.2, 0.25) is 0 Å². The van der Waals surface area contributed by atoms with Gasteiger partial charge in [0, 0.05) is 6.04 Å². The van der Waals surface area contributed by atoms with E-state index >= 15 is 0 Å². The Kier molecular flexibility index (Phi) is 5.36. The van der Waals surface area contributed by atoms with Gasteiger partial charge in [-0.25, -0.2) is 17.9 Å². The van der Waals surface area contributed by atoms with E-state index in [0.29, 0.717) is 5.56 Å². The molecular formula is C15H21NO4S. The van der Waals surface area contributed by atoms with Crippen molar-refractivity contribution in [2.75, 3.05) is 0 Å². The Morgan fingerprint density at radius 1 is 1.19 bits per heavy atom. The summed E-state index contributed by atoms with van der Waals surface area (Å²) >= 11 is 0. The molecule has 0 amide bonds. The lowest BCUT2D eigenvalue weighted by molar-refractivity contribution is 0.0696. The molecule has 1 saturated carbocycles. The minimum Gasteiger partial charge on any atom is -0.478 e. The monoisotopic (exact) mass is 311 g/mol. The summed E-state index contributed by atoms with van der Waals surface area (Å²) in [5.74, 6) is -1.23. The van der Waals surface area contributed by atoms with E-state index in [1.807, 2.05) is 0 Å². The first-order valence-corrected chi connectivity index (χ1v) is 8.94. The molecule has 0 unspecified atom stereocenters. The lowest BCUT2D eigenvalue weighted by atomic mass is 10.1. The van der Waals surface area contributed by atoms with Gasteiger partial charge in [0.2, 0.25) is 10.0 Å². The minimum absolute atomic E-state index is 0.0140. The van der Waals surface area contributed by atoms with E-state index in [1.54, 1.807) is 12.1 Å². The molecule has 1 aliphatic carbocycles. The number of carboxylic acids is 1. The van der Waals surface area contributed by atoms with E-state index in [0.717, 1.165) is 25.7 Å². The van der Waals surface area contributed by atoms with Crippen molar-refractivity contribution >= 4 is 16.0 Å². The van der Waals surface area contributed by atoms with Crippen molar-refractivity contribution < 1.29 is 18.3 Å². The van der Waals surface area contributed by atoms with Crippen LogP contribution in [0.3, 0.4) is 0 Å². The van der Waals surface area contributed by atoms with Gasteiger partial charge in [-0.05, 0) is 30.5 Å². The van der Waals surface area contributed by atoms with Crippen LogP contribution in [0.25, 0.3) is 0 Å². The first-order valence-electron chi connectivity index (χ1n) is 7.28. The lowest BCUT2D eigenvalue weighted by Gasteiger charge is -2.16. The fourth-order valence-electron chi connectivity index (χ4n) is 2.71. The van der Waals surface area contributed by atoms with Crippen LogP contribution in [0.5, 0.6) is 0 Å². The first-order chi connectivity index (χ1) is 9.96. The van der Waals surface area contributed by atoms with E-state index < -0.39 is 16.0 Å². The molecule has 0 saturated heterocycles. The summed E-state index contributed by atoms with van der Waals surface area (Å²) in [6.07, 6.45) is 6.21. The average molecular weight is 311 g/mol. The molecule has 1 fully saturated rings. The molecule has 0 heterocycles. The van der Waals surface area contributed by atoms with Gasteiger partial charge in [-0.1, -0.05) is 37.8 Å². The number of rotatable bonds is 5. The standard InChI is InChI=1S/C15H21NO4S/c17-15(18)13-7-5-6-12(10-13)11-21(19,20)16-14-8-3-1-2-4-9-14/h5-7,10,14,16H,1-4,8-9,11H2,(H,17,18). The summed E-state index contributed by atoms with van der Waals surface area (Å²) in [6, 6.07) is 6.09. The van der Waals surface area contributed by atoms with E-state index in [-0.39, 0.29) is 17.4 Å². The second-order valence-corrected chi connectivity index (χ2v) is 7.32. The summed E-state index contributed by atoms with van der Waals surface area (Å²) in [7, 11) is -3.44. The molecule has 0 atom stereocenters. The van der Waals surface area contributed by atoms with Gasteiger partial charge in [0.05, 0.1) is 11.3 Å². The maximum absolute atomic E-state index is 12.2. The smallest absolute Gasteiger partial charge is 0.335 e. The molecular weight excluding hydrogens is 290 g/mol.